The van der Waals surface area contributed by atoms with Gasteiger partial charge in [-0.2, -0.15) is 0 Å². The van der Waals surface area contributed by atoms with Gasteiger partial charge in [0.05, 0.1) is 15.3 Å². The van der Waals surface area contributed by atoms with E-state index in [-0.39, 0.29) is 11.8 Å². The van der Waals surface area contributed by atoms with Crippen LogP contribution in [0.5, 0.6) is 0 Å². The zero-order chi connectivity index (χ0) is 14.3. The van der Waals surface area contributed by atoms with Crippen LogP contribution in [-0.2, 0) is 6.54 Å². The molecule has 0 saturated heterocycles. The SMILES string of the molecule is CCn1c(=O)oc2cc(C(N)c3csc(Br)c3)ccc21. The van der Waals surface area contributed by atoms with Crippen molar-refractivity contribution in [3.63, 3.8) is 0 Å². The summed E-state index contributed by atoms with van der Waals surface area (Å²) < 4.78 is 7.92. The fraction of sp³-hybridized carbons (Fsp3) is 0.214. The first-order valence-electron chi connectivity index (χ1n) is 6.23. The number of hydrogen-bond donors (Lipinski definition) is 1. The van der Waals surface area contributed by atoms with E-state index in [0.717, 1.165) is 20.4 Å². The Balaban J connectivity index is 2.07. The quantitative estimate of drug-likeness (QED) is 0.784. The molecule has 0 aliphatic carbocycles. The summed E-state index contributed by atoms with van der Waals surface area (Å²) in [6.07, 6.45) is 0. The van der Waals surface area contributed by atoms with Gasteiger partial charge in [-0.3, -0.25) is 4.57 Å². The average molecular weight is 353 g/mol. The fourth-order valence-corrected chi connectivity index (χ4v) is 3.47. The number of rotatable bonds is 3. The maximum Gasteiger partial charge on any atom is 0.419 e. The minimum absolute atomic E-state index is 0.225. The molecular formula is C14H13BrN2O2S. The van der Waals surface area contributed by atoms with Crippen LogP contribution < -0.4 is 11.5 Å². The summed E-state index contributed by atoms with van der Waals surface area (Å²) in [4.78, 5) is 11.7. The van der Waals surface area contributed by atoms with Crippen molar-refractivity contribution in [2.75, 3.05) is 0 Å². The van der Waals surface area contributed by atoms with E-state index >= 15 is 0 Å². The molecule has 104 valence electrons. The van der Waals surface area contributed by atoms with Crippen LogP contribution in [0, 0.1) is 0 Å². The number of hydrogen-bond acceptors (Lipinski definition) is 4. The first kappa shape index (κ1) is 13.6. The second-order valence-corrected chi connectivity index (χ2v) is 6.79. The van der Waals surface area contributed by atoms with E-state index in [1.165, 1.54) is 0 Å². The predicted octanol–water partition coefficient (Wildman–Crippen LogP) is 3.49. The molecule has 6 heteroatoms. The lowest BCUT2D eigenvalue weighted by Gasteiger charge is -2.10. The van der Waals surface area contributed by atoms with Crippen LogP contribution in [0.3, 0.4) is 0 Å². The van der Waals surface area contributed by atoms with E-state index < -0.39 is 0 Å². The molecule has 0 aliphatic heterocycles. The summed E-state index contributed by atoms with van der Waals surface area (Å²) in [6.45, 7) is 2.51. The molecule has 20 heavy (non-hydrogen) atoms. The monoisotopic (exact) mass is 352 g/mol. The zero-order valence-corrected chi connectivity index (χ0v) is 13.2. The highest BCUT2D eigenvalue weighted by molar-refractivity contribution is 9.11. The Morgan fingerprint density at radius 3 is 2.85 bits per heavy atom. The standard InChI is InChI=1S/C14H13BrN2O2S/c1-2-17-10-4-3-8(5-11(10)19-14(17)18)13(16)9-6-12(15)20-7-9/h3-7,13H,2,16H2,1H3. The summed E-state index contributed by atoms with van der Waals surface area (Å²) in [5.41, 5.74) is 9.62. The average Bonchev–Trinajstić information content (AvgIpc) is 2.99. The van der Waals surface area contributed by atoms with Gasteiger partial charge in [0.1, 0.15) is 0 Å². The topological polar surface area (TPSA) is 61.2 Å². The molecule has 0 fully saturated rings. The van der Waals surface area contributed by atoms with Gasteiger partial charge < -0.3 is 10.2 Å². The molecule has 3 aromatic rings. The van der Waals surface area contributed by atoms with Crippen LogP contribution in [0.15, 0.2) is 42.6 Å². The van der Waals surface area contributed by atoms with E-state index in [1.807, 2.05) is 36.6 Å². The van der Waals surface area contributed by atoms with Gasteiger partial charge in [-0.25, -0.2) is 4.79 Å². The van der Waals surface area contributed by atoms with Crippen LogP contribution in [-0.4, -0.2) is 4.57 Å². The van der Waals surface area contributed by atoms with Gasteiger partial charge in [-0.15, -0.1) is 11.3 Å². The third-order valence-corrected chi connectivity index (χ3v) is 4.84. The lowest BCUT2D eigenvalue weighted by Crippen LogP contribution is -2.12. The number of aryl methyl sites for hydroxylation is 1. The minimum atomic E-state index is -0.327. The summed E-state index contributed by atoms with van der Waals surface area (Å²) in [7, 11) is 0. The highest BCUT2D eigenvalue weighted by Crippen LogP contribution is 2.29. The number of oxazole rings is 1. The number of aromatic nitrogens is 1. The molecule has 0 amide bonds. The molecule has 4 nitrogen and oxygen atoms in total. The van der Waals surface area contributed by atoms with Crippen LogP contribution in [0.1, 0.15) is 24.1 Å². The van der Waals surface area contributed by atoms with E-state index in [1.54, 1.807) is 15.9 Å². The van der Waals surface area contributed by atoms with E-state index in [9.17, 15) is 4.79 Å². The van der Waals surface area contributed by atoms with Crippen molar-refractivity contribution in [3.8, 4) is 0 Å². The number of benzene rings is 1. The Hall–Kier alpha value is -1.37. The van der Waals surface area contributed by atoms with Crippen molar-refractivity contribution >= 4 is 38.4 Å². The summed E-state index contributed by atoms with van der Waals surface area (Å²) in [5, 5.41) is 2.02. The van der Waals surface area contributed by atoms with Crippen LogP contribution in [0.2, 0.25) is 0 Å². The van der Waals surface area contributed by atoms with Crippen LogP contribution >= 0.6 is 27.3 Å². The van der Waals surface area contributed by atoms with E-state index in [2.05, 4.69) is 15.9 Å². The van der Waals surface area contributed by atoms with Crippen molar-refractivity contribution in [3.05, 3.63) is 55.1 Å². The second-order valence-electron chi connectivity index (χ2n) is 4.50. The first-order valence-corrected chi connectivity index (χ1v) is 7.90. The van der Waals surface area contributed by atoms with Crippen molar-refractivity contribution in [1.82, 2.24) is 4.57 Å². The number of thiophene rings is 1. The number of fused-ring (bicyclic) bond motifs is 1. The van der Waals surface area contributed by atoms with Gasteiger partial charge >= 0.3 is 5.76 Å². The molecule has 1 unspecified atom stereocenters. The van der Waals surface area contributed by atoms with E-state index in [4.69, 9.17) is 10.2 Å². The van der Waals surface area contributed by atoms with Gasteiger partial charge in [0.25, 0.3) is 0 Å². The Morgan fingerprint density at radius 2 is 2.20 bits per heavy atom. The van der Waals surface area contributed by atoms with Crippen molar-refractivity contribution in [1.29, 1.82) is 0 Å². The summed E-state index contributed by atoms with van der Waals surface area (Å²) in [5.74, 6) is -0.327. The molecule has 2 heterocycles. The largest absolute Gasteiger partial charge is 0.419 e. The zero-order valence-electron chi connectivity index (χ0n) is 10.8. The highest BCUT2D eigenvalue weighted by Gasteiger charge is 2.14. The number of nitrogens with two attached hydrogens (primary N) is 1. The smallest absolute Gasteiger partial charge is 0.408 e. The van der Waals surface area contributed by atoms with Crippen LogP contribution in [0.25, 0.3) is 11.1 Å². The third-order valence-electron chi connectivity index (χ3n) is 3.31. The van der Waals surface area contributed by atoms with Crippen molar-refractivity contribution in [2.24, 2.45) is 5.73 Å². The molecular weight excluding hydrogens is 340 g/mol. The highest BCUT2D eigenvalue weighted by atomic mass is 79.9. The van der Waals surface area contributed by atoms with Gasteiger partial charge in [-0.05, 0) is 57.6 Å². The van der Waals surface area contributed by atoms with Gasteiger partial charge in [0.2, 0.25) is 0 Å². The van der Waals surface area contributed by atoms with Crippen LogP contribution in [0.4, 0.5) is 0 Å². The lowest BCUT2D eigenvalue weighted by atomic mass is 10.0. The molecule has 1 aromatic carbocycles. The summed E-state index contributed by atoms with van der Waals surface area (Å²) in [6, 6.07) is 7.46. The Morgan fingerprint density at radius 1 is 1.40 bits per heavy atom. The molecule has 0 spiro atoms. The predicted molar refractivity (Wildman–Crippen MR) is 84.2 cm³/mol. The molecule has 0 bridgehead atoms. The van der Waals surface area contributed by atoms with Gasteiger partial charge in [0.15, 0.2) is 5.58 Å². The maximum atomic E-state index is 11.7. The summed E-state index contributed by atoms with van der Waals surface area (Å²) >= 11 is 5.04. The fourth-order valence-electron chi connectivity index (χ4n) is 2.25. The third kappa shape index (κ3) is 2.24. The minimum Gasteiger partial charge on any atom is -0.408 e. The molecule has 0 radical (unpaired) electrons. The second kappa shape index (κ2) is 5.20. The Kier molecular flexibility index (Phi) is 3.54. The normalized spacial score (nSPS) is 12.9. The molecule has 3 rings (SSSR count). The number of halogens is 1. The lowest BCUT2D eigenvalue weighted by molar-refractivity contribution is 0.513. The molecule has 0 aliphatic rings. The Bertz CT molecular complexity index is 818. The van der Waals surface area contributed by atoms with Gasteiger partial charge in [-0.1, -0.05) is 6.07 Å². The molecule has 0 saturated carbocycles. The molecule has 1 atom stereocenters. The first-order chi connectivity index (χ1) is 9.60. The maximum absolute atomic E-state index is 11.7. The van der Waals surface area contributed by atoms with E-state index in [0.29, 0.717) is 12.1 Å². The van der Waals surface area contributed by atoms with Crippen molar-refractivity contribution < 1.29 is 4.42 Å². The Labute approximate surface area is 127 Å². The van der Waals surface area contributed by atoms with Gasteiger partial charge in [0, 0.05) is 6.54 Å². The molecule has 2 N–H and O–H groups in total. The molecule has 2 aromatic heterocycles. The number of nitrogens with zero attached hydrogens (tertiary/aromatic N) is 1. The van der Waals surface area contributed by atoms with Crippen molar-refractivity contribution in [2.45, 2.75) is 19.5 Å².